The van der Waals surface area contributed by atoms with E-state index in [1.165, 1.54) is 0 Å². The summed E-state index contributed by atoms with van der Waals surface area (Å²) in [5.41, 5.74) is 5.36. The van der Waals surface area contributed by atoms with Crippen molar-refractivity contribution in [2.75, 3.05) is 19.7 Å². The second-order valence-electron chi connectivity index (χ2n) is 4.46. The van der Waals surface area contributed by atoms with E-state index in [1.807, 2.05) is 4.90 Å². The first-order valence-electron chi connectivity index (χ1n) is 5.35. The lowest BCUT2D eigenvalue weighted by atomic mass is 10.1. The van der Waals surface area contributed by atoms with Crippen molar-refractivity contribution in [3.05, 3.63) is 0 Å². The molecule has 2 aliphatic rings. The lowest BCUT2D eigenvalue weighted by Gasteiger charge is -2.27. The topological polar surface area (TPSA) is 66.6 Å². The zero-order valence-electron chi connectivity index (χ0n) is 8.41. The maximum Gasteiger partial charge on any atom is 0.230 e. The van der Waals surface area contributed by atoms with E-state index in [2.05, 4.69) is 0 Å². The van der Waals surface area contributed by atoms with Gasteiger partial charge >= 0.3 is 0 Å². The van der Waals surface area contributed by atoms with E-state index in [-0.39, 0.29) is 24.0 Å². The molecular weight excluding hydrogens is 180 g/mol. The second-order valence-corrected chi connectivity index (χ2v) is 4.46. The number of aliphatic hydroxyl groups excluding tert-OH is 1. The fourth-order valence-electron chi connectivity index (χ4n) is 2.25. The van der Waals surface area contributed by atoms with E-state index in [0.717, 1.165) is 32.2 Å². The quantitative estimate of drug-likeness (QED) is 0.655. The van der Waals surface area contributed by atoms with Crippen LogP contribution in [0.1, 0.15) is 25.7 Å². The molecule has 3 N–H and O–H groups in total. The van der Waals surface area contributed by atoms with Crippen LogP contribution < -0.4 is 5.73 Å². The number of likely N-dealkylation sites (tertiary alicyclic amines) is 1. The van der Waals surface area contributed by atoms with Gasteiger partial charge < -0.3 is 15.7 Å². The highest BCUT2D eigenvalue weighted by atomic mass is 16.3. The fourth-order valence-corrected chi connectivity index (χ4v) is 2.25. The first-order valence-corrected chi connectivity index (χ1v) is 5.35. The zero-order valence-corrected chi connectivity index (χ0v) is 8.41. The summed E-state index contributed by atoms with van der Waals surface area (Å²) in [4.78, 5) is 13.9. The van der Waals surface area contributed by atoms with Gasteiger partial charge in [-0.05, 0) is 25.7 Å². The molecule has 14 heavy (non-hydrogen) atoms. The summed E-state index contributed by atoms with van der Waals surface area (Å²) in [5, 5.41) is 9.12. The van der Waals surface area contributed by atoms with Gasteiger partial charge in [0.05, 0.1) is 18.1 Å². The number of carbonyl (C=O) groups excluding carboxylic acids is 1. The van der Waals surface area contributed by atoms with Gasteiger partial charge in [-0.3, -0.25) is 4.79 Å². The third kappa shape index (κ3) is 1.42. The molecule has 2 fully saturated rings. The van der Waals surface area contributed by atoms with Gasteiger partial charge in [-0.1, -0.05) is 0 Å². The molecule has 1 aliphatic heterocycles. The van der Waals surface area contributed by atoms with Gasteiger partial charge in [-0.2, -0.15) is 0 Å². The number of carbonyl (C=O) groups is 1. The smallest absolute Gasteiger partial charge is 0.230 e. The molecule has 2 rings (SSSR count). The Morgan fingerprint density at radius 1 is 1.57 bits per heavy atom. The van der Waals surface area contributed by atoms with Crippen LogP contribution in [-0.4, -0.2) is 41.7 Å². The van der Waals surface area contributed by atoms with Crippen LogP contribution in [0.4, 0.5) is 0 Å². The number of hydrogen-bond donors (Lipinski definition) is 2. The second kappa shape index (κ2) is 3.51. The molecular formula is C10H18N2O2. The lowest BCUT2D eigenvalue weighted by Crippen LogP contribution is -2.44. The molecule has 0 aromatic rings. The normalized spacial score (nSPS) is 29.3. The molecule has 1 saturated heterocycles. The number of nitrogens with two attached hydrogens (primary N) is 1. The molecule has 1 amide bonds. The summed E-state index contributed by atoms with van der Waals surface area (Å²) in [5.74, 6) is 0.177. The van der Waals surface area contributed by atoms with Gasteiger partial charge in [0.2, 0.25) is 5.91 Å². The van der Waals surface area contributed by atoms with E-state index < -0.39 is 0 Å². The summed E-state index contributed by atoms with van der Waals surface area (Å²) >= 11 is 0. The van der Waals surface area contributed by atoms with Crippen LogP contribution in [0.25, 0.3) is 0 Å². The molecule has 4 heteroatoms. The molecule has 0 aromatic heterocycles. The Hall–Kier alpha value is -0.610. The largest absolute Gasteiger partial charge is 0.394 e. The Morgan fingerprint density at radius 2 is 2.29 bits per heavy atom. The summed E-state index contributed by atoms with van der Waals surface area (Å²) in [6, 6.07) is 0.0477. The van der Waals surface area contributed by atoms with Crippen molar-refractivity contribution < 1.29 is 9.90 Å². The highest BCUT2D eigenvalue weighted by molar-refractivity contribution is 5.86. The molecule has 4 nitrogen and oxygen atoms in total. The van der Waals surface area contributed by atoms with E-state index in [0.29, 0.717) is 6.54 Å². The van der Waals surface area contributed by atoms with E-state index in [1.54, 1.807) is 0 Å². The Labute approximate surface area is 84.1 Å². The number of hydrogen-bond acceptors (Lipinski definition) is 3. The zero-order chi connectivity index (χ0) is 10.2. The number of nitrogens with zero attached hydrogens (tertiary/aromatic N) is 1. The molecule has 1 aliphatic carbocycles. The van der Waals surface area contributed by atoms with Crippen molar-refractivity contribution in [2.45, 2.75) is 31.7 Å². The molecule has 0 bridgehead atoms. The minimum absolute atomic E-state index is 0.0477. The van der Waals surface area contributed by atoms with Gasteiger partial charge in [-0.25, -0.2) is 0 Å². The molecule has 0 aromatic carbocycles. The summed E-state index contributed by atoms with van der Waals surface area (Å²) in [6.07, 6.45) is 3.80. The molecule has 1 heterocycles. The standard InChI is InChI=1S/C10H18N2O2/c11-7-10(3-4-10)9(14)12-5-1-2-8(12)6-13/h8,13H,1-7,11H2/t8-/m1/s1. The van der Waals surface area contributed by atoms with Gasteiger partial charge in [0.25, 0.3) is 0 Å². The van der Waals surface area contributed by atoms with Crippen molar-refractivity contribution in [1.29, 1.82) is 0 Å². The number of amides is 1. The van der Waals surface area contributed by atoms with Crippen molar-refractivity contribution in [1.82, 2.24) is 4.90 Å². The van der Waals surface area contributed by atoms with Crippen molar-refractivity contribution in [3.8, 4) is 0 Å². The van der Waals surface area contributed by atoms with Crippen LogP contribution in [0.5, 0.6) is 0 Å². The SMILES string of the molecule is NCC1(C(=O)N2CCC[C@@H]2CO)CC1. The molecule has 80 valence electrons. The van der Waals surface area contributed by atoms with Gasteiger partial charge in [-0.15, -0.1) is 0 Å². The highest BCUT2D eigenvalue weighted by Gasteiger charge is 2.51. The number of aliphatic hydroxyl groups is 1. The van der Waals surface area contributed by atoms with Crippen LogP contribution >= 0.6 is 0 Å². The third-order valence-electron chi connectivity index (χ3n) is 3.55. The first-order chi connectivity index (χ1) is 6.73. The molecule has 0 unspecified atom stereocenters. The monoisotopic (exact) mass is 198 g/mol. The number of rotatable bonds is 3. The van der Waals surface area contributed by atoms with Crippen molar-refractivity contribution >= 4 is 5.91 Å². The lowest BCUT2D eigenvalue weighted by molar-refractivity contribution is -0.138. The average molecular weight is 198 g/mol. The fraction of sp³-hybridized carbons (Fsp3) is 0.900. The Balaban J connectivity index is 2.04. The molecule has 1 atom stereocenters. The van der Waals surface area contributed by atoms with E-state index in [9.17, 15) is 4.79 Å². The van der Waals surface area contributed by atoms with E-state index in [4.69, 9.17) is 10.8 Å². The average Bonchev–Trinajstić information content (AvgIpc) is 2.87. The van der Waals surface area contributed by atoms with Crippen LogP contribution in [0.15, 0.2) is 0 Å². The Morgan fingerprint density at radius 3 is 2.79 bits per heavy atom. The van der Waals surface area contributed by atoms with Crippen LogP contribution in [-0.2, 0) is 4.79 Å². The third-order valence-corrected chi connectivity index (χ3v) is 3.55. The van der Waals surface area contributed by atoms with Crippen LogP contribution in [0, 0.1) is 5.41 Å². The summed E-state index contributed by atoms with van der Waals surface area (Å²) < 4.78 is 0. The molecule has 0 spiro atoms. The maximum atomic E-state index is 12.1. The minimum Gasteiger partial charge on any atom is -0.394 e. The van der Waals surface area contributed by atoms with Crippen LogP contribution in [0.2, 0.25) is 0 Å². The molecule has 1 saturated carbocycles. The maximum absolute atomic E-state index is 12.1. The highest BCUT2D eigenvalue weighted by Crippen LogP contribution is 2.47. The van der Waals surface area contributed by atoms with Crippen molar-refractivity contribution in [3.63, 3.8) is 0 Å². The van der Waals surface area contributed by atoms with Crippen LogP contribution in [0.3, 0.4) is 0 Å². The summed E-state index contributed by atoms with van der Waals surface area (Å²) in [7, 11) is 0. The predicted octanol–water partition coefficient (Wildman–Crippen LogP) is -0.291. The predicted molar refractivity (Wildman–Crippen MR) is 52.5 cm³/mol. The first kappa shape index (κ1) is 9.93. The minimum atomic E-state index is -0.252. The van der Waals surface area contributed by atoms with Crippen molar-refractivity contribution in [2.24, 2.45) is 11.1 Å². The van der Waals surface area contributed by atoms with Gasteiger partial charge in [0.15, 0.2) is 0 Å². The van der Waals surface area contributed by atoms with Gasteiger partial charge in [0.1, 0.15) is 0 Å². The Bertz CT molecular complexity index is 238. The summed E-state index contributed by atoms with van der Waals surface area (Å²) in [6.45, 7) is 1.35. The van der Waals surface area contributed by atoms with Gasteiger partial charge in [0, 0.05) is 13.1 Å². The van der Waals surface area contributed by atoms with E-state index >= 15 is 0 Å². The molecule has 0 radical (unpaired) electrons. The Kier molecular flexibility index (Phi) is 2.49.